The molecule has 0 N–H and O–H groups in total. The van der Waals surface area contributed by atoms with E-state index in [1.54, 1.807) is 0 Å². The monoisotopic (exact) mass is 188 g/mol. The summed E-state index contributed by atoms with van der Waals surface area (Å²) in [7, 11) is 0. The Labute approximate surface area is 73.2 Å². The van der Waals surface area contributed by atoms with Crippen molar-refractivity contribution in [2.24, 2.45) is 0 Å². The fourth-order valence-electron chi connectivity index (χ4n) is 0.948. The van der Waals surface area contributed by atoms with E-state index in [2.05, 4.69) is 0 Å². The lowest BCUT2D eigenvalue weighted by Gasteiger charge is -2.02. The average molecular weight is 188 g/mol. The van der Waals surface area contributed by atoms with Crippen LogP contribution < -0.4 is 0 Å². The van der Waals surface area contributed by atoms with Crippen molar-refractivity contribution in [3.8, 4) is 0 Å². The Kier molecular flexibility index (Phi) is 2.70. The van der Waals surface area contributed by atoms with Crippen LogP contribution in [-0.2, 0) is 0 Å². The van der Waals surface area contributed by atoms with Crippen molar-refractivity contribution in [2.75, 3.05) is 0 Å². The van der Waals surface area contributed by atoms with Crippen LogP contribution in [0, 0.1) is 5.82 Å². The van der Waals surface area contributed by atoms with E-state index >= 15 is 0 Å². The minimum Gasteiger partial charge on any atom is -0.294 e. The average Bonchev–Trinajstić information content (AvgIpc) is 2.04. The van der Waals surface area contributed by atoms with Gasteiger partial charge in [0.15, 0.2) is 5.78 Å². The van der Waals surface area contributed by atoms with Gasteiger partial charge in [0.05, 0.1) is 5.56 Å². The second-order valence-electron chi connectivity index (χ2n) is 2.60. The van der Waals surface area contributed by atoms with E-state index in [0.29, 0.717) is 0 Å². The van der Waals surface area contributed by atoms with Gasteiger partial charge in [-0.3, -0.25) is 4.79 Å². The number of Topliss-reactive ketones (excluding diaryl/α,β-unsaturated/α-hetero) is 1. The third-order valence-electron chi connectivity index (χ3n) is 1.62. The molecule has 0 aliphatic carbocycles. The molecule has 0 aliphatic heterocycles. The normalized spacial score (nSPS) is 10.5. The van der Waals surface area contributed by atoms with Gasteiger partial charge in [0.25, 0.3) is 6.43 Å². The molecular weight excluding hydrogens is 181 g/mol. The fourth-order valence-corrected chi connectivity index (χ4v) is 0.948. The van der Waals surface area contributed by atoms with Gasteiger partial charge in [0.2, 0.25) is 0 Å². The maximum atomic E-state index is 12.8. The quantitative estimate of drug-likeness (QED) is 0.652. The minimum absolute atomic E-state index is 0.294. The van der Waals surface area contributed by atoms with Gasteiger partial charge < -0.3 is 0 Å². The van der Waals surface area contributed by atoms with Gasteiger partial charge in [0.1, 0.15) is 5.82 Å². The molecule has 0 heterocycles. The summed E-state index contributed by atoms with van der Waals surface area (Å²) in [6.07, 6.45) is -2.68. The Balaban J connectivity index is 3.19. The molecule has 0 atom stereocenters. The second-order valence-corrected chi connectivity index (χ2v) is 2.60. The molecular formula is C9H7F3O. The number of benzene rings is 1. The highest BCUT2D eigenvalue weighted by Crippen LogP contribution is 2.21. The van der Waals surface area contributed by atoms with E-state index in [0.717, 1.165) is 25.1 Å². The predicted molar refractivity (Wildman–Crippen MR) is 41.4 cm³/mol. The van der Waals surface area contributed by atoms with Crippen LogP contribution in [0.2, 0.25) is 0 Å². The molecule has 70 valence electrons. The van der Waals surface area contributed by atoms with E-state index in [1.165, 1.54) is 0 Å². The van der Waals surface area contributed by atoms with Gasteiger partial charge in [-0.05, 0) is 19.1 Å². The molecule has 0 saturated carbocycles. The summed E-state index contributed by atoms with van der Waals surface area (Å²) in [4.78, 5) is 10.8. The van der Waals surface area contributed by atoms with Crippen molar-refractivity contribution in [2.45, 2.75) is 13.3 Å². The number of alkyl halides is 2. The Bertz CT molecular complexity index is 334. The number of rotatable bonds is 2. The largest absolute Gasteiger partial charge is 0.294 e. The van der Waals surface area contributed by atoms with Gasteiger partial charge in [-0.1, -0.05) is 6.07 Å². The van der Waals surface area contributed by atoms with Crippen LogP contribution in [-0.4, -0.2) is 5.78 Å². The van der Waals surface area contributed by atoms with Crippen LogP contribution in [0.1, 0.15) is 29.3 Å². The summed E-state index contributed by atoms with van der Waals surface area (Å²) >= 11 is 0. The highest BCUT2D eigenvalue weighted by Gasteiger charge is 2.12. The zero-order valence-corrected chi connectivity index (χ0v) is 6.85. The number of ketones is 1. The number of hydrogen-bond acceptors (Lipinski definition) is 1. The highest BCUT2D eigenvalue weighted by atomic mass is 19.3. The van der Waals surface area contributed by atoms with Crippen LogP contribution in [0.5, 0.6) is 0 Å². The molecule has 0 fully saturated rings. The number of hydrogen-bond donors (Lipinski definition) is 0. The molecule has 0 radical (unpaired) electrons. The first-order valence-corrected chi connectivity index (χ1v) is 3.61. The molecule has 0 saturated heterocycles. The van der Waals surface area contributed by atoms with Crippen molar-refractivity contribution in [1.82, 2.24) is 0 Å². The second kappa shape index (κ2) is 3.60. The van der Waals surface area contributed by atoms with Gasteiger partial charge in [-0.2, -0.15) is 0 Å². The maximum Gasteiger partial charge on any atom is 0.263 e. The van der Waals surface area contributed by atoms with Crippen molar-refractivity contribution in [3.63, 3.8) is 0 Å². The maximum absolute atomic E-state index is 12.8. The first kappa shape index (κ1) is 9.77. The number of halogens is 3. The van der Waals surface area contributed by atoms with Crippen LogP contribution in [0.15, 0.2) is 18.2 Å². The summed E-state index contributed by atoms with van der Waals surface area (Å²) in [6.45, 7) is 1.13. The lowest BCUT2D eigenvalue weighted by molar-refractivity contribution is 0.101. The molecule has 1 rings (SSSR count). The highest BCUT2D eigenvalue weighted by molar-refractivity contribution is 5.94. The van der Waals surface area contributed by atoms with Crippen LogP contribution >= 0.6 is 0 Å². The Morgan fingerprint density at radius 3 is 2.46 bits per heavy atom. The standard InChI is InChI=1S/C9H7F3O/c1-5(13)7-4-6(9(11)12)2-3-8(7)10/h2-4,9H,1H3. The molecule has 0 bridgehead atoms. The Morgan fingerprint density at radius 2 is 2.00 bits per heavy atom. The van der Waals surface area contributed by atoms with Gasteiger partial charge in [0, 0.05) is 5.56 Å². The summed E-state index contributed by atoms with van der Waals surface area (Å²) in [5, 5.41) is 0. The molecule has 0 aromatic heterocycles. The fraction of sp³-hybridized carbons (Fsp3) is 0.222. The zero-order chi connectivity index (χ0) is 10.0. The first-order valence-electron chi connectivity index (χ1n) is 3.61. The Morgan fingerprint density at radius 1 is 1.38 bits per heavy atom. The SMILES string of the molecule is CC(=O)c1cc(C(F)F)ccc1F. The lowest BCUT2D eigenvalue weighted by atomic mass is 10.1. The predicted octanol–water partition coefficient (Wildman–Crippen LogP) is 2.97. The van der Waals surface area contributed by atoms with Crippen molar-refractivity contribution in [1.29, 1.82) is 0 Å². The van der Waals surface area contributed by atoms with Crippen molar-refractivity contribution in [3.05, 3.63) is 35.1 Å². The van der Waals surface area contributed by atoms with Crippen LogP contribution in [0.25, 0.3) is 0 Å². The molecule has 1 aromatic rings. The summed E-state index contributed by atoms with van der Waals surface area (Å²) in [6, 6.07) is 2.72. The van der Waals surface area contributed by atoms with E-state index in [-0.39, 0.29) is 11.1 Å². The molecule has 0 amide bonds. The molecule has 0 spiro atoms. The molecule has 0 unspecified atom stereocenters. The van der Waals surface area contributed by atoms with Crippen LogP contribution in [0.4, 0.5) is 13.2 Å². The van der Waals surface area contributed by atoms with Crippen molar-refractivity contribution < 1.29 is 18.0 Å². The van der Waals surface area contributed by atoms with Gasteiger partial charge >= 0.3 is 0 Å². The third-order valence-corrected chi connectivity index (χ3v) is 1.62. The molecule has 0 aliphatic rings. The number of carbonyl (C=O) groups excluding carboxylic acids is 1. The number of carbonyl (C=O) groups is 1. The molecule has 13 heavy (non-hydrogen) atoms. The van der Waals surface area contributed by atoms with E-state index < -0.39 is 18.0 Å². The van der Waals surface area contributed by atoms with Crippen molar-refractivity contribution >= 4 is 5.78 Å². The zero-order valence-electron chi connectivity index (χ0n) is 6.85. The smallest absolute Gasteiger partial charge is 0.263 e. The summed E-state index contributed by atoms with van der Waals surface area (Å²) in [5.74, 6) is -1.32. The molecule has 1 aromatic carbocycles. The first-order chi connectivity index (χ1) is 6.02. The topological polar surface area (TPSA) is 17.1 Å². The minimum atomic E-state index is -2.68. The van der Waals surface area contributed by atoms with Gasteiger partial charge in [-0.25, -0.2) is 13.2 Å². The van der Waals surface area contributed by atoms with E-state index in [4.69, 9.17) is 0 Å². The summed E-state index contributed by atoms with van der Waals surface area (Å²) in [5.41, 5.74) is -0.635. The lowest BCUT2D eigenvalue weighted by Crippen LogP contribution is -1.98. The summed E-state index contributed by atoms with van der Waals surface area (Å²) < 4.78 is 37.0. The third kappa shape index (κ3) is 2.08. The molecule has 4 heteroatoms. The molecule has 1 nitrogen and oxygen atoms in total. The van der Waals surface area contributed by atoms with E-state index in [1.807, 2.05) is 0 Å². The van der Waals surface area contributed by atoms with E-state index in [9.17, 15) is 18.0 Å². The van der Waals surface area contributed by atoms with Crippen LogP contribution in [0.3, 0.4) is 0 Å². The Hall–Kier alpha value is -1.32. The van der Waals surface area contributed by atoms with Gasteiger partial charge in [-0.15, -0.1) is 0 Å².